The lowest BCUT2D eigenvalue weighted by molar-refractivity contribution is -0.254. The van der Waals surface area contributed by atoms with Crippen molar-refractivity contribution >= 4 is 16.9 Å². The average molecular weight is 366 g/mol. The second-order valence-corrected chi connectivity index (χ2v) is 5.93. The van der Waals surface area contributed by atoms with E-state index in [9.17, 15) is 9.90 Å². The van der Waals surface area contributed by atoms with E-state index in [4.69, 9.17) is 18.9 Å². The number of aromatic carboxylic acids is 1. The third kappa shape index (κ3) is 2.97. The molecule has 0 saturated carbocycles. The monoisotopic (exact) mass is 366 g/mol. The predicted octanol–water partition coefficient (Wildman–Crippen LogP) is 2.05. The number of carboxylic acids is 1. The standard InChI is InChI=1S/C20H17NO6/c1-24-15-4-3-11(8-16(15)25-2)19-13(20(22)23)7-12-9-17-18(10-14(12)21-19)27-6-5-26-17/h3-4,7-10H,5-6H2,1-2H3,(H,22,23)/p-1. The molecular weight excluding hydrogens is 350 g/mol. The molecule has 0 amide bonds. The van der Waals surface area contributed by atoms with Gasteiger partial charge >= 0.3 is 0 Å². The Morgan fingerprint density at radius 2 is 1.70 bits per heavy atom. The lowest BCUT2D eigenvalue weighted by Crippen LogP contribution is -2.23. The van der Waals surface area contributed by atoms with Gasteiger partial charge in [-0.15, -0.1) is 0 Å². The van der Waals surface area contributed by atoms with Gasteiger partial charge in [-0.1, -0.05) is 0 Å². The molecule has 3 aromatic rings. The maximum atomic E-state index is 11.7. The fourth-order valence-electron chi connectivity index (χ4n) is 3.07. The van der Waals surface area contributed by atoms with Gasteiger partial charge in [0.1, 0.15) is 13.2 Å². The summed E-state index contributed by atoms with van der Waals surface area (Å²) in [4.78, 5) is 16.3. The molecule has 0 spiro atoms. The Kier molecular flexibility index (Phi) is 4.19. The highest BCUT2D eigenvalue weighted by Gasteiger charge is 2.17. The van der Waals surface area contributed by atoms with Gasteiger partial charge in [0.05, 0.1) is 31.4 Å². The fraction of sp³-hybridized carbons (Fsp3) is 0.200. The van der Waals surface area contributed by atoms with Crippen molar-refractivity contribution < 1.29 is 28.8 Å². The highest BCUT2D eigenvalue weighted by Crippen LogP contribution is 2.37. The Hall–Kier alpha value is -3.48. The van der Waals surface area contributed by atoms with Crippen molar-refractivity contribution in [3.63, 3.8) is 0 Å². The summed E-state index contributed by atoms with van der Waals surface area (Å²) in [5.41, 5.74) is 1.42. The molecule has 7 nitrogen and oxygen atoms in total. The molecule has 27 heavy (non-hydrogen) atoms. The number of nitrogens with zero attached hydrogens (tertiary/aromatic N) is 1. The molecule has 0 bridgehead atoms. The maximum Gasteiger partial charge on any atom is 0.163 e. The number of ether oxygens (including phenoxy) is 4. The second-order valence-electron chi connectivity index (χ2n) is 5.93. The minimum atomic E-state index is -1.32. The smallest absolute Gasteiger partial charge is 0.163 e. The van der Waals surface area contributed by atoms with Gasteiger partial charge in [-0.05, 0) is 30.3 Å². The summed E-state index contributed by atoms with van der Waals surface area (Å²) < 4.78 is 21.7. The zero-order valence-electron chi connectivity index (χ0n) is 14.8. The van der Waals surface area contributed by atoms with Gasteiger partial charge in [-0.3, -0.25) is 0 Å². The van der Waals surface area contributed by atoms with Crippen LogP contribution >= 0.6 is 0 Å². The highest BCUT2D eigenvalue weighted by atomic mass is 16.6. The normalized spacial score (nSPS) is 12.7. The van der Waals surface area contributed by atoms with E-state index in [2.05, 4.69) is 4.98 Å². The van der Waals surface area contributed by atoms with Crippen molar-refractivity contribution in [1.29, 1.82) is 0 Å². The Morgan fingerprint density at radius 3 is 2.37 bits per heavy atom. The van der Waals surface area contributed by atoms with Crippen molar-refractivity contribution in [2.45, 2.75) is 0 Å². The molecule has 4 rings (SSSR count). The number of carboxylic acid groups (broad SMARTS) is 1. The van der Waals surface area contributed by atoms with Crippen LogP contribution < -0.4 is 24.1 Å². The summed E-state index contributed by atoms with van der Waals surface area (Å²) in [5, 5.41) is 12.4. The van der Waals surface area contributed by atoms with Crippen molar-refractivity contribution in [2.24, 2.45) is 0 Å². The summed E-state index contributed by atoms with van der Waals surface area (Å²) in [6.07, 6.45) is 0. The molecule has 0 saturated heterocycles. The van der Waals surface area contributed by atoms with E-state index in [1.807, 2.05) is 0 Å². The van der Waals surface area contributed by atoms with Gasteiger partial charge in [0.15, 0.2) is 23.0 Å². The van der Waals surface area contributed by atoms with Gasteiger partial charge < -0.3 is 28.8 Å². The van der Waals surface area contributed by atoms with Crippen LogP contribution in [0.4, 0.5) is 0 Å². The number of hydrogen-bond acceptors (Lipinski definition) is 7. The number of carbonyl (C=O) groups excluding carboxylic acids is 1. The molecule has 2 heterocycles. The molecular formula is C20H16NO6-. The molecule has 7 heteroatoms. The lowest BCUT2D eigenvalue weighted by Gasteiger charge is -2.19. The average Bonchev–Trinajstić information content (AvgIpc) is 2.70. The first kappa shape index (κ1) is 17.0. The first-order chi connectivity index (χ1) is 13.1. The number of pyridine rings is 1. The SMILES string of the molecule is COc1ccc(-c2nc3cc4c(cc3cc2C(=O)[O-])OCCO4)cc1OC. The first-order valence-electron chi connectivity index (χ1n) is 8.29. The van der Waals surface area contributed by atoms with Crippen molar-refractivity contribution in [2.75, 3.05) is 27.4 Å². The fourth-order valence-corrected chi connectivity index (χ4v) is 3.07. The first-order valence-corrected chi connectivity index (χ1v) is 8.29. The van der Waals surface area contributed by atoms with E-state index >= 15 is 0 Å². The quantitative estimate of drug-likeness (QED) is 0.698. The largest absolute Gasteiger partial charge is 0.545 e. The molecule has 0 aliphatic carbocycles. The maximum absolute atomic E-state index is 11.7. The molecule has 0 N–H and O–H groups in total. The zero-order chi connectivity index (χ0) is 19.0. The van der Waals surface area contributed by atoms with Crippen LogP contribution in [0.25, 0.3) is 22.2 Å². The van der Waals surface area contributed by atoms with E-state index in [1.165, 1.54) is 20.3 Å². The number of benzene rings is 2. The van der Waals surface area contributed by atoms with Crippen molar-refractivity contribution in [3.8, 4) is 34.3 Å². The third-order valence-corrected chi connectivity index (χ3v) is 4.36. The van der Waals surface area contributed by atoms with Crippen LogP contribution in [0.3, 0.4) is 0 Å². The Bertz CT molecular complexity index is 1050. The number of carbonyl (C=O) groups is 1. The third-order valence-electron chi connectivity index (χ3n) is 4.36. The van der Waals surface area contributed by atoms with E-state index < -0.39 is 5.97 Å². The molecule has 2 aromatic carbocycles. The van der Waals surface area contributed by atoms with Crippen LogP contribution in [0, 0.1) is 0 Å². The van der Waals surface area contributed by atoms with E-state index in [-0.39, 0.29) is 11.3 Å². The molecule has 0 atom stereocenters. The van der Waals surface area contributed by atoms with Gasteiger partial charge in [-0.25, -0.2) is 4.98 Å². The molecule has 1 aliphatic heterocycles. The minimum absolute atomic E-state index is 0.0219. The number of rotatable bonds is 4. The van der Waals surface area contributed by atoms with Gasteiger partial charge in [0.2, 0.25) is 0 Å². The molecule has 0 radical (unpaired) electrons. The van der Waals surface area contributed by atoms with Crippen LogP contribution in [0.5, 0.6) is 23.0 Å². The summed E-state index contributed by atoms with van der Waals surface area (Å²) in [5.74, 6) is 0.850. The Labute approximate surface area is 155 Å². The molecule has 138 valence electrons. The molecule has 0 unspecified atom stereocenters. The lowest BCUT2D eigenvalue weighted by atomic mass is 10.0. The summed E-state index contributed by atoms with van der Waals surface area (Å²) in [7, 11) is 3.04. The van der Waals surface area contributed by atoms with Gasteiger partial charge in [-0.2, -0.15) is 0 Å². The van der Waals surface area contributed by atoms with Crippen LogP contribution in [0.1, 0.15) is 10.4 Å². The number of hydrogen-bond donors (Lipinski definition) is 0. The van der Waals surface area contributed by atoms with Crippen LogP contribution in [-0.2, 0) is 0 Å². The summed E-state index contributed by atoms with van der Waals surface area (Å²) in [6.45, 7) is 0.904. The van der Waals surface area contributed by atoms with Crippen molar-refractivity contribution in [1.82, 2.24) is 4.98 Å². The molecule has 1 aliphatic rings. The van der Waals surface area contributed by atoms with Crippen LogP contribution in [-0.4, -0.2) is 38.4 Å². The topological polar surface area (TPSA) is 89.9 Å². The van der Waals surface area contributed by atoms with Gasteiger partial charge in [0, 0.05) is 22.6 Å². The van der Waals surface area contributed by atoms with Crippen molar-refractivity contribution in [3.05, 3.63) is 42.0 Å². The zero-order valence-corrected chi connectivity index (χ0v) is 14.8. The molecule has 0 fully saturated rings. The number of aromatic nitrogens is 1. The number of fused-ring (bicyclic) bond motifs is 2. The van der Waals surface area contributed by atoms with E-state index in [0.717, 1.165) is 0 Å². The van der Waals surface area contributed by atoms with Crippen LogP contribution in [0.15, 0.2) is 36.4 Å². The second kappa shape index (κ2) is 6.68. The molecule has 1 aromatic heterocycles. The van der Waals surface area contributed by atoms with Crippen LogP contribution in [0.2, 0.25) is 0 Å². The summed E-state index contributed by atoms with van der Waals surface area (Å²) >= 11 is 0. The van der Waals surface area contributed by atoms with E-state index in [0.29, 0.717) is 52.7 Å². The number of methoxy groups -OCH3 is 2. The highest BCUT2D eigenvalue weighted by molar-refractivity contribution is 5.99. The van der Waals surface area contributed by atoms with E-state index in [1.54, 1.807) is 30.3 Å². The van der Waals surface area contributed by atoms with Gasteiger partial charge in [0.25, 0.3) is 0 Å². The predicted molar refractivity (Wildman–Crippen MR) is 95.6 cm³/mol. The summed E-state index contributed by atoms with van der Waals surface area (Å²) in [6, 6.07) is 10.1. The minimum Gasteiger partial charge on any atom is -0.545 e. The Morgan fingerprint density at radius 1 is 1.00 bits per heavy atom. The Balaban J connectivity index is 1.93.